The van der Waals surface area contributed by atoms with Crippen molar-refractivity contribution in [2.24, 2.45) is 0 Å². The molecule has 1 aromatic rings. The van der Waals surface area contributed by atoms with Crippen molar-refractivity contribution < 1.29 is 9.59 Å². The molecular weight excluding hydrogens is 140 g/mol. The molecule has 1 rings (SSSR count). The molecule has 0 heterocycles. The molecule has 0 saturated heterocycles. The van der Waals surface area contributed by atoms with Crippen LogP contribution in [-0.2, 0) is 9.59 Å². The molecule has 0 aliphatic carbocycles. The van der Waals surface area contributed by atoms with E-state index in [4.69, 9.17) is 9.59 Å². The van der Waals surface area contributed by atoms with Crippen molar-refractivity contribution >= 4 is 6.15 Å². The second-order valence-electron chi connectivity index (χ2n) is 1.74. The van der Waals surface area contributed by atoms with Crippen molar-refractivity contribution in [2.45, 2.75) is 14.4 Å². The molecular formula is C9H12O2. The van der Waals surface area contributed by atoms with Crippen LogP contribution < -0.4 is 0 Å². The number of aryl methyl sites for hydroxylation is 1. The second kappa shape index (κ2) is 8.60. The SMILES string of the molecule is C.Cc1ccccc1.O=C=O. The van der Waals surface area contributed by atoms with E-state index < -0.39 is 0 Å². The Kier molecular flexibility index (Phi) is 9.61. The third-order valence-corrected chi connectivity index (χ3v) is 0.940. The molecule has 0 spiro atoms. The molecule has 0 unspecified atom stereocenters. The van der Waals surface area contributed by atoms with Crippen LogP contribution in [0.1, 0.15) is 13.0 Å². The smallest absolute Gasteiger partial charge is 0.186 e. The molecule has 0 atom stereocenters. The largest absolute Gasteiger partial charge is 0.373 e. The summed E-state index contributed by atoms with van der Waals surface area (Å²) in [4.78, 5) is 16.2. The van der Waals surface area contributed by atoms with Crippen LogP contribution in [0, 0.1) is 6.92 Å². The van der Waals surface area contributed by atoms with Gasteiger partial charge in [0.2, 0.25) is 0 Å². The van der Waals surface area contributed by atoms with Crippen LogP contribution in [0.5, 0.6) is 0 Å². The van der Waals surface area contributed by atoms with E-state index >= 15 is 0 Å². The Labute approximate surface area is 66.9 Å². The fourth-order valence-electron chi connectivity index (χ4n) is 0.534. The zero-order valence-electron chi connectivity index (χ0n) is 5.70. The minimum Gasteiger partial charge on any atom is -0.186 e. The van der Waals surface area contributed by atoms with Crippen LogP contribution >= 0.6 is 0 Å². The van der Waals surface area contributed by atoms with Gasteiger partial charge >= 0.3 is 6.15 Å². The first-order chi connectivity index (χ1) is 4.81. The Morgan fingerprint density at radius 3 is 1.64 bits per heavy atom. The molecule has 0 bridgehead atoms. The Bertz CT molecular complexity index is 198. The molecule has 2 nitrogen and oxygen atoms in total. The number of rotatable bonds is 0. The van der Waals surface area contributed by atoms with Gasteiger partial charge in [0.25, 0.3) is 0 Å². The fourth-order valence-corrected chi connectivity index (χ4v) is 0.534. The molecule has 0 aliphatic heterocycles. The van der Waals surface area contributed by atoms with Crippen LogP contribution in [0.3, 0.4) is 0 Å². The van der Waals surface area contributed by atoms with E-state index in [9.17, 15) is 0 Å². The quantitative estimate of drug-likeness (QED) is 0.570. The average Bonchev–Trinajstić information content (AvgIpc) is 1.91. The summed E-state index contributed by atoms with van der Waals surface area (Å²) in [5.74, 6) is 0. The molecule has 11 heavy (non-hydrogen) atoms. The molecule has 0 saturated carbocycles. The predicted octanol–water partition coefficient (Wildman–Crippen LogP) is 2.05. The maximum Gasteiger partial charge on any atom is 0.373 e. The van der Waals surface area contributed by atoms with Crippen molar-refractivity contribution in [3.63, 3.8) is 0 Å². The van der Waals surface area contributed by atoms with Crippen molar-refractivity contribution in [1.82, 2.24) is 0 Å². The van der Waals surface area contributed by atoms with E-state index in [0.29, 0.717) is 0 Å². The molecule has 0 aromatic heterocycles. The monoisotopic (exact) mass is 152 g/mol. The summed E-state index contributed by atoms with van der Waals surface area (Å²) >= 11 is 0. The van der Waals surface area contributed by atoms with Gasteiger partial charge in [0.15, 0.2) is 0 Å². The van der Waals surface area contributed by atoms with E-state index in [1.54, 1.807) is 0 Å². The predicted molar refractivity (Wildman–Crippen MR) is 42.9 cm³/mol. The summed E-state index contributed by atoms with van der Waals surface area (Å²) in [6.07, 6.45) is 0.250. The van der Waals surface area contributed by atoms with Crippen LogP contribution in [0.15, 0.2) is 30.3 Å². The lowest BCUT2D eigenvalue weighted by molar-refractivity contribution is -0.191. The van der Waals surface area contributed by atoms with Crippen molar-refractivity contribution in [1.29, 1.82) is 0 Å². The summed E-state index contributed by atoms with van der Waals surface area (Å²) in [5, 5.41) is 0. The van der Waals surface area contributed by atoms with Gasteiger partial charge in [-0.25, -0.2) is 0 Å². The Morgan fingerprint density at radius 2 is 1.45 bits per heavy atom. The van der Waals surface area contributed by atoms with Crippen molar-refractivity contribution in [3.8, 4) is 0 Å². The third kappa shape index (κ3) is 8.60. The summed E-state index contributed by atoms with van der Waals surface area (Å²) in [5.41, 5.74) is 1.32. The molecule has 2 heteroatoms. The van der Waals surface area contributed by atoms with Gasteiger partial charge in [0.05, 0.1) is 0 Å². The highest BCUT2D eigenvalue weighted by Gasteiger charge is 1.72. The molecule has 0 fully saturated rings. The first-order valence-corrected chi connectivity index (χ1v) is 2.82. The van der Waals surface area contributed by atoms with Crippen molar-refractivity contribution in [3.05, 3.63) is 35.9 Å². The topological polar surface area (TPSA) is 34.1 Å². The average molecular weight is 152 g/mol. The minimum atomic E-state index is 0. The maximum absolute atomic E-state index is 8.12. The lowest BCUT2D eigenvalue weighted by Crippen LogP contribution is -1.62. The molecule has 0 N–H and O–H groups in total. The van der Waals surface area contributed by atoms with Gasteiger partial charge in [-0.1, -0.05) is 43.3 Å². The van der Waals surface area contributed by atoms with Gasteiger partial charge in [-0.3, -0.25) is 0 Å². The lowest BCUT2D eigenvalue weighted by atomic mass is 10.2. The Morgan fingerprint density at radius 1 is 1.09 bits per heavy atom. The molecule has 0 aliphatic rings. The zero-order valence-corrected chi connectivity index (χ0v) is 5.70. The van der Waals surface area contributed by atoms with Crippen LogP contribution in [0.25, 0.3) is 0 Å². The number of carbonyl (C=O) groups excluding carboxylic acids is 2. The van der Waals surface area contributed by atoms with E-state index in [-0.39, 0.29) is 13.6 Å². The van der Waals surface area contributed by atoms with E-state index in [2.05, 4.69) is 19.1 Å². The number of hydrogen-bond donors (Lipinski definition) is 0. The molecule has 0 radical (unpaired) electrons. The van der Waals surface area contributed by atoms with Gasteiger partial charge in [-0.2, -0.15) is 9.59 Å². The second-order valence-corrected chi connectivity index (χ2v) is 1.74. The first-order valence-electron chi connectivity index (χ1n) is 2.82. The van der Waals surface area contributed by atoms with E-state index in [1.165, 1.54) is 5.56 Å². The molecule has 0 amide bonds. The van der Waals surface area contributed by atoms with E-state index in [0.717, 1.165) is 0 Å². The van der Waals surface area contributed by atoms with Crippen LogP contribution in [0.2, 0.25) is 0 Å². The fraction of sp³-hybridized carbons (Fsp3) is 0.222. The van der Waals surface area contributed by atoms with Gasteiger partial charge < -0.3 is 0 Å². The number of hydrogen-bond acceptors (Lipinski definition) is 2. The number of benzene rings is 1. The highest BCUT2D eigenvalue weighted by atomic mass is 16.2. The normalized spacial score (nSPS) is 6.27. The summed E-state index contributed by atoms with van der Waals surface area (Å²) in [7, 11) is 0. The van der Waals surface area contributed by atoms with E-state index in [1.807, 2.05) is 18.2 Å². The molecule has 1 aromatic carbocycles. The van der Waals surface area contributed by atoms with Gasteiger partial charge in [0.1, 0.15) is 0 Å². The maximum atomic E-state index is 8.12. The van der Waals surface area contributed by atoms with Gasteiger partial charge in [-0.15, -0.1) is 0 Å². The first kappa shape index (κ1) is 12.3. The third-order valence-electron chi connectivity index (χ3n) is 0.940. The summed E-state index contributed by atoms with van der Waals surface area (Å²) in [6, 6.07) is 10.3. The van der Waals surface area contributed by atoms with Gasteiger partial charge in [-0.05, 0) is 6.92 Å². The van der Waals surface area contributed by atoms with Crippen LogP contribution in [0.4, 0.5) is 0 Å². The lowest BCUT2D eigenvalue weighted by Gasteiger charge is -1.82. The highest BCUT2D eigenvalue weighted by Crippen LogP contribution is 1.92. The summed E-state index contributed by atoms with van der Waals surface area (Å²) < 4.78 is 0. The van der Waals surface area contributed by atoms with Gasteiger partial charge in [0, 0.05) is 0 Å². The van der Waals surface area contributed by atoms with Crippen molar-refractivity contribution in [2.75, 3.05) is 0 Å². The minimum absolute atomic E-state index is 0. The standard InChI is InChI=1S/C7H8.CO2.CH4/c1-7-5-3-2-4-6-7;2-1-3;/h2-6H,1H3;;1H4. The van der Waals surface area contributed by atoms with Crippen LogP contribution in [-0.4, -0.2) is 6.15 Å². The summed E-state index contributed by atoms with van der Waals surface area (Å²) in [6.45, 7) is 2.08. The highest BCUT2D eigenvalue weighted by molar-refractivity contribution is 5.20. The molecule has 60 valence electrons. The Hall–Kier alpha value is -1.40. The zero-order chi connectivity index (χ0) is 7.82. The Balaban J connectivity index is 0.